The zero-order valence-corrected chi connectivity index (χ0v) is 19.7. The maximum Gasteiger partial charge on any atom is 0.320 e. The summed E-state index contributed by atoms with van der Waals surface area (Å²) in [7, 11) is 0. The Morgan fingerprint density at radius 2 is 1.91 bits per heavy atom. The van der Waals surface area contributed by atoms with Crippen molar-refractivity contribution in [3.8, 4) is 0 Å². The average Bonchev–Trinajstić information content (AvgIpc) is 3.06. The highest BCUT2D eigenvalue weighted by molar-refractivity contribution is 6.05. The number of carbonyl (C=O) groups is 4. The van der Waals surface area contributed by atoms with Crippen molar-refractivity contribution in [1.82, 2.24) is 20.9 Å². The molecule has 0 aromatic heterocycles. The first-order valence-electron chi connectivity index (χ1n) is 11.5. The summed E-state index contributed by atoms with van der Waals surface area (Å²) in [6, 6.07) is 5.13. The maximum atomic E-state index is 12.9. The van der Waals surface area contributed by atoms with Crippen molar-refractivity contribution in [2.75, 3.05) is 26.2 Å². The Hall–Kier alpha value is -2.78. The third kappa shape index (κ3) is 6.85. The molecule has 1 fully saturated rings. The minimum atomic E-state index is -0.592. The molecule has 3 amide bonds. The van der Waals surface area contributed by atoms with Crippen LogP contribution in [0.25, 0.3) is 0 Å². The highest BCUT2D eigenvalue weighted by atomic mass is 16.6. The topological polar surface area (TPSA) is 117 Å². The number of esters is 1. The Morgan fingerprint density at radius 3 is 2.64 bits per heavy atom. The van der Waals surface area contributed by atoms with E-state index < -0.39 is 17.6 Å². The number of carbonyl (C=O) groups excluding carboxylic acids is 4. The van der Waals surface area contributed by atoms with Crippen LogP contribution >= 0.6 is 0 Å². The van der Waals surface area contributed by atoms with Gasteiger partial charge in [0.25, 0.3) is 5.91 Å². The molecule has 1 atom stereocenters. The lowest BCUT2D eigenvalue weighted by atomic mass is 9.99. The molecule has 180 valence electrons. The van der Waals surface area contributed by atoms with E-state index in [1.807, 2.05) is 39.0 Å². The SMILES string of the molecule is CC(C)(C)OC(=O)CNCCNCCCc1cccc2c1CN(C1CCC(=O)NC1=O)C2=O. The molecule has 2 heterocycles. The van der Waals surface area contributed by atoms with Gasteiger partial charge in [-0.15, -0.1) is 0 Å². The Bertz CT molecular complexity index is 909. The zero-order chi connectivity index (χ0) is 24.0. The van der Waals surface area contributed by atoms with Crippen molar-refractivity contribution in [2.45, 2.75) is 64.6 Å². The fourth-order valence-electron chi connectivity index (χ4n) is 4.16. The fraction of sp³-hybridized carbons (Fsp3) is 0.583. The number of piperidine rings is 1. The largest absolute Gasteiger partial charge is 0.459 e. The predicted octanol–water partition coefficient (Wildman–Crippen LogP) is 0.901. The van der Waals surface area contributed by atoms with Crippen LogP contribution in [-0.4, -0.2) is 66.4 Å². The van der Waals surface area contributed by atoms with Gasteiger partial charge >= 0.3 is 5.97 Å². The number of rotatable bonds is 10. The van der Waals surface area contributed by atoms with Gasteiger partial charge in [0, 0.05) is 31.6 Å². The van der Waals surface area contributed by atoms with Crippen molar-refractivity contribution in [3.05, 3.63) is 34.9 Å². The lowest BCUT2D eigenvalue weighted by molar-refractivity contribution is -0.153. The number of ether oxygens (including phenoxy) is 1. The number of fused-ring (bicyclic) bond motifs is 1. The summed E-state index contributed by atoms with van der Waals surface area (Å²) in [5.41, 5.74) is 2.27. The van der Waals surface area contributed by atoms with Crippen LogP contribution in [-0.2, 0) is 32.1 Å². The monoisotopic (exact) mass is 458 g/mol. The number of aryl methyl sites for hydroxylation is 1. The predicted molar refractivity (Wildman–Crippen MR) is 122 cm³/mol. The lowest BCUT2D eigenvalue weighted by Crippen LogP contribution is -2.52. The molecule has 2 aliphatic heterocycles. The fourth-order valence-corrected chi connectivity index (χ4v) is 4.16. The van der Waals surface area contributed by atoms with E-state index in [-0.39, 0.29) is 30.7 Å². The van der Waals surface area contributed by atoms with Gasteiger partial charge < -0.3 is 20.3 Å². The Balaban J connectivity index is 1.40. The number of nitrogens with one attached hydrogen (secondary N) is 3. The van der Waals surface area contributed by atoms with Crippen LogP contribution in [0.1, 0.15) is 61.5 Å². The Labute approximate surface area is 194 Å². The van der Waals surface area contributed by atoms with Gasteiger partial charge in [0.05, 0.1) is 6.54 Å². The molecule has 0 saturated carbocycles. The summed E-state index contributed by atoms with van der Waals surface area (Å²) >= 11 is 0. The molecule has 2 aliphatic rings. The van der Waals surface area contributed by atoms with Crippen molar-refractivity contribution >= 4 is 23.7 Å². The van der Waals surface area contributed by atoms with Crippen LogP contribution in [0, 0.1) is 0 Å². The smallest absolute Gasteiger partial charge is 0.320 e. The quantitative estimate of drug-likeness (QED) is 0.271. The number of amides is 3. The molecule has 0 aliphatic carbocycles. The Morgan fingerprint density at radius 1 is 1.15 bits per heavy atom. The number of nitrogens with zero attached hydrogens (tertiary/aromatic N) is 1. The molecule has 0 radical (unpaired) electrons. The second-order valence-corrected chi connectivity index (χ2v) is 9.46. The van der Waals surface area contributed by atoms with Gasteiger partial charge in [-0.2, -0.15) is 0 Å². The van der Waals surface area contributed by atoms with Crippen molar-refractivity contribution in [3.63, 3.8) is 0 Å². The van der Waals surface area contributed by atoms with E-state index in [9.17, 15) is 19.2 Å². The summed E-state index contributed by atoms with van der Waals surface area (Å²) in [6.07, 6.45) is 2.33. The van der Waals surface area contributed by atoms with E-state index in [0.717, 1.165) is 37.1 Å². The first-order chi connectivity index (χ1) is 15.7. The van der Waals surface area contributed by atoms with E-state index in [1.165, 1.54) is 0 Å². The minimum Gasteiger partial charge on any atom is -0.459 e. The second-order valence-electron chi connectivity index (χ2n) is 9.46. The number of hydrogen-bond donors (Lipinski definition) is 3. The molecule has 3 N–H and O–H groups in total. The molecule has 3 rings (SSSR count). The Kier molecular flexibility index (Phi) is 8.20. The van der Waals surface area contributed by atoms with E-state index in [1.54, 1.807) is 4.90 Å². The van der Waals surface area contributed by atoms with Crippen LogP contribution in [0.3, 0.4) is 0 Å². The summed E-state index contributed by atoms with van der Waals surface area (Å²) in [6.45, 7) is 8.32. The first-order valence-corrected chi connectivity index (χ1v) is 11.5. The molecule has 1 saturated heterocycles. The molecular formula is C24H34N4O5. The number of hydrogen-bond acceptors (Lipinski definition) is 7. The zero-order valence-electron chi connectivity index (χ0n) is 19.7. The molecule has 0 bridgehead atoms. The van der Waals surface area contributed by atoms with Gasteiger partial charge in [-0.05, 0) is 63.8 Å². The molecule has 1 aromatic rings. The summed E-state index contributed by atoms with van der Waals surface area (Å²) in [5, 5.41) is 8.75. The van der Waals surface area contributed by atoms with Crippen molar-refractivity contribution < 1.29 is 23.9 Å². The second kappa shape index (κ2) is 10.9. The first kappa shape index (κ1) is 24.9. The van der Waals surface area contributed by atoms with E-state index in [2.05, 4.69) is 16.0 Å². The minimum absolute atomic E-state index is 0.143. The highest BCUT2D eigenvalue weighted by Crippen LogP contribution is 2.30. The van der Waals surface area contributed by atoms with Crippen molar-refractivity contribution in [2.24, 2.45) is 0 Å². The van der Waals surface area contributed by atoms with Gasteiger partial charge in [-0.1, -0.05) is 12.1 Å². The van der Waals surface area contributed by atoms with Crippen LogP contribution in [0.2, 0.25) is 0 Å². The van der Waals surface area contributed by atoms with E-state index in [0.29, 0.717) is 25.1 Å². The molecule has 9 heteroatoms. The van der Waals surface area contributed by atoms with Gasteiger partial charge in [0.2, 0.25) is 11.8 Å². The van der Waals surface area contributed by atoms with Gasteiger partial charge in [0.15, 0.2) is 0 Å². The lowest BCUT2D eigenvalue weighted by Gasteiger charge is -2.29. The normalized spacial score (nSPS) is 18.3. The number of benzene rings is 1. The summed E-state index contributed by atoms with van der Waals surface area (Å²) < 4.78 is 5.25. The van der Waals surface area contributed by atoms with Crippen LogP contribution in [0.15, 0.2) is 18.2 Å². The van der Waals surface area contributed by atoms with Gasteiger partial charge in [-0.3, -0.25) is 24.5 Å². The molecule has 33 heavy (non-hydrogen) atoms. The standard InChI is InChI=1S/C24H34N4O5/c1-24(2,3)33-21(30)14-26-13-12-25-11-5-7-16-6-4-8-17-18(16)15-28(23(17)32)19-9-10-20(29)27-22(19)31/h4,6,8,19,25-26H,5,7,9-15H2,1-3H3,(H,27,29,31). The van der Waals surface area contributed by atoms with Crippen molar-refractivity contribution in [1.29, 1.82) is 0 Å². The molecule has 9 nitrogen and oxygen atoms in total. The molecule has 1 unspecified atom stereocenters. The van der Waals surface area contributed by atoms with Crippen LogP contribution in [0.5, 0.6) is 0 Å². The third-order valence-electron chi connectivity index (χ3n) is 5.65. The molecular weight excluding hydrogens is 424 g/mol. The summed E-state index contributed by atoms with van der Waals surface area (Å²) in [5.74, 6) is -1.08. The third-order valence-corrected chi connectivity index (χ3v) is 5.65. The van der Waals surface area contributed by atoms with Gasteiger partial charge in [0.1, 0.15) is 11.6 Å². The number of imide groups is 1. The van der Waals surface area contributed by atoms with E-state index in [4.69, 9.17) is 4.74 Å². The van der Waals surface area contributed by atoms with Crippen LogP contribution in [0.4, 0.5) is 0 Å². The van der Waals surface area contributed by atoms with E-state index >= 15 is 0 Å². The van der Waals surface area contributed by atoms with Gasteiger partial charge in [-0.25, -0.2) is 0 Å². The molecule has 1 aromatic carbocycles. The molecule has 0 spiro atoms. The highest BCUT2D eigenvalue weighted by Gasteiger charge is 2.39. The summed E-state index contributed by atoms with van der Waals surface area (Å²) in [4.78, 5) is 49.8. The maximum absolute atomic E-state index is 12.9. The average molecular weight is 459 g/mol. The van der Waals surface area contributed by atoms with Crippen LogP contribution < -0.4 is 16.0 Å².